The van der Waals surface area contributed by atoms with Gasteiger partial charge in [0.2, 0.25) is 0 Å². The third-order valence-electron chi connectivity index (χ3n) is 2.80. The van der Waals surface area contributed by atoms with Gasteiger partial charge in [0.25, 0.3) is 17.5 Å². The summed E-state index contributed by atoms with van der Waals surface area (Å²) in [5.41, 5.74) is 0.631. The van der Waals surface area contributed by atoms with Crippen LogP contribution < -0.4 is 9.64 Å². The van der Waals surface area contributed by atoms with Crippen molar-refractivity contribution < 1.29 is 18.3 Å². The summed E-state index contributed by atoms with van der Waals surface area (Å²) in [6.45, 7) is 3.36. The molecule has 0 bridgehead atoms. The SMILES string of the molecule is CC(C)N(C(=O)COc1nnc(C(F)F)s1)c1cccc(Cl)c1. The lowest BCUT2D eigenvalue weighted by molar-refractivity contribution is -0.120. The quantitative estimate of drug-likeness (QED) is 0.781. The number of halogens is 3. The third-order valence-corrected chi connectivity index (χ3v) is 3.88. The zero-order chi connectivity index (χ0) is 17.0. The van der Waals surface area contributed by atoms with Gasteiger partial charge in [-0.25, -0.2) is 8.78 Å². The van der Waals surface area contributed by atoms with E-state index in [0.29, 0.717) is 22.0 Å². The zero-order valence-electron chi connectivity index (χ0n) is 12.4. The first-order valence-corrected chi connectivity index (χ1v) is 7.90. The normalized spacial score (nSPS) is 11.1. The number of amides is 1. The molecule has 23 heavy (non-hydrogen) atoms. The van der Waals surface area contributed by atoms with E-state index >= 15 is 0 Å². The molecule has 0 N–H and O–H groups in total. The fourth-order valence-electron chi connectivity index (χ4n) is 1.92. The molecule has 1 amide bonds. The maximum Gasteiger partial charge on any atom is 0.294 e. The number of ether oxygens (including phenoxy) is 1. The van der Waals surface area contributed by atoms with Crippen LogP contribution in [-0.4, -0.2) is 28.8 Å². The Morgan fingerprint density at radius 2 is 2.13 bits per heavy atom. The van der Waals surface area contributed by atoms with Crippen molar-refractivity contribution in [3.63, 3.8) is 0 Å². The molecule has 1 aromatic heterocycles. The van der Waals surface area contributed by atoms with Crippen molar-refractivity contribution in [2.45, 2.75) is 26.3 Å². The zero-order valence-corrected chi connectivity index (χ0v) is 13.9. The summed E-state index contributed by atoms with van der Waals surface area (Å²) in [7, 11) is 0. The number of benzene rings is 1. The molecule has 0 fully saturated rings. The number of hydrogen-bond donors (Lipinski definition) is 0. The minimum absolute atomic E-state index is 0.0662. The van der Waals surface area contributed by atoms with E-state index in [1.54, 1.807) is 24.3 Å². The molecule has 0 aliphatic heterocycles. The topological polar surface area (TPSA) is 55.3 Å². The molecule has 0 aliphatic rings. The third kappa shape index (κ3) is 4.59. The number of rotatable bonds is 6. The maximum absolute atomic E-state index is 12.4. The Kier molecular flexibility index (Phi) is 5.84. The predicted molar refractivity (Wildman–Crippen MR) is 84.4 cm³/mol. The van der Waals surface area contributed by atoms with Crippen LogP contribution in [-0.2, 0) is 4.79 Å². The monoisotopic (exact) mass is 361 g/mol. The van der Waals surface area contributed by atoms with E-state index in [9.17, 15) is 13.6 Å². The van der Waals surface area contributed by atoms with Crippen LogP contribution in [0.15, 0.2) is 24.3 Å². The van der Waals surface area contributed by atoms with E-state index in [2.05, 4.69) is 10.2 Å². The van der Waals surface area contributed by atoms with E-state index in [0.717, 1.165) is 0 Å². The van der Waals surface area contributed by atoms with Crippen molar-refractivity contribution in [2.24, 2.45) is 0 Å². The Bertz CT molecular complexity index is 682. The number of hydrogen-bond acceptors (Lipinski definition) is 5. The van der Waals surface area contributed by atoms with Crippen molar-refractivity contribution in [3.05, 3.63) is 34.3 Å². The summed E-state index contributed by atoms with van der Waals surface area (Å²) >= 11 is 6.56. The van der Waals surface area contributed by atoms with Crippen LogP contribution in [0.3, 0.4) is 0 Å². The van der Waals surface area contributed by atoms with Crippen LogP contribution in [0.2, 0.25) is 5.02 Å². The van der Waals surface area contributed by atoms with Crippen LogP contribution >= 0.6 is 22.9 Å². The fourth-order valence-corrected chi connectivity index (χ4v) is 2.65. The number of carbonyl (C=O) groups is 1. The van der Waals surface area contributed by atoms with E-state index in [4.69, 9.17) is 16.3 Å². The number of anilines is 1. The van der Waals surface area contributed by atoms with Gasteiger partial charge in [0.05, 0.1) is 0 Å². The first kappa shape index (κ1) is 17.6. The Balaban J connectivity index is 2.06. The molecule has 9 heteroatoms. The van der Waals surface area contributed by atoms with Crippen molar-refractivity contribution in [1.29, 1.82) is 0 Å². The second kappa shape index (κ2) is 7.65. The molecular formula is C14H14ClF2N3O2S. The van der Waals surface area contributed by atoms with Gasteiger partial charge in [0, 0.05) is 16.8 Å². The second-order valence-electron chi connectivity index (χ2n) is 4.83. The van der Waals surface area contributed by atoms with Gasteiger partial charge in [-0.15, -0.1) is 5.10 Å². The molecule has 0 saturated heterocycles. The Labute approximate surface area is 140 Å². The molecule has 1 aromatic carbocycles. The summed E-state index contributed by atoms with van der Waals surface area (Å²) in [5, 5.41) is 6.77. The van der Waals surface area contributed by atoms with E-state index in [-0.39, 0.29) is 23.7 Å². The number of aromatic nitrogens is 2. The van der Waals surface area contributed by atoms with Crippen molar-refractivity contribution in [2.75, 3.05) is 11.5 Å². The first-order valence-electron chi connectivity index (χ1n) is 6.70. The van der Waals surface area contributed by atoms with E-state index in [1.807, 2.05) is 13.8 Å². The highest BCUT2D eigenvalue weighted by molar-refractivity contribution is 7.13. The van der Waals surface area contributed by atoms with Gasteiger partial charge in [-0.3, -0.25) is 4.79 Å². The summed E-state index contributed by atoms with van der Waals surface area (Å²) in [6.07, 6.45) is -2.71. The second-order valence-corrected chi connectivity index (χ2v) is 6.24. The van der Waals surface area contributed by atoms with Gasteiger partial charge in [0.1, 0.15) is 0 Å². The van der Waals surface area contributed by atoms with Crippen LogP contribution in [0.1, 0.15) is 25.3 Å². The van der Waals surface area contributed by atoms with Gasteiger partial charge >= 0.3 is 0 Å². The standard InChI is InChI=1S/C14H14ClF2N3O2S/c1-8(2)20(10-5-3-4-9(15)6-10)11(21)7-22-14-19-18-13(23-14)12(16)17/h3-6,8,12H,7H2,1-2H3. The van der Waals surface area contributed by atoms with Gasteiger partial charge < -0.3 is 9.64 Å². The van der Waals surface area contributed by atoms with Crippen LogP contribution in [0.4, 0.5) is 14.5 Å². The number of nitrogens with zero attached hydrogens (tertiary/aromatic N) is 3. The fraction of sp³-hybridized carbons (Fsp3) is 0.357. The van der Waals surface area contributed by atoms with Crippen molar-refractivity contribution in [1.82, 2.24) is 10.2 Å². The predicted octanol–water partition coefficient (Wildman–Crippen LogP) is 3.95. The highest BCUT2D eigenvalue weighted by Crippen LogP contribution is 2.27. The minimum atomic E-state index is -2.71. The molecule has 2 rings (SSSR count). The van der Waals surface area contributed by atoms with Crippen LogP contribution in [0, 0.1) is 0 Å². The van der Waals surface area contributed by atoms with E-state index < -0.39 is 11.4 Å². The van der Waals surface area contributed by atoms with Crippen LogP contribution in [0.25, 0.3) is 0 Å². The van der Waals surface area contributed by atoms with Crippen molar-refractivity contribution in [3.8, 4) is 5.19 Å². The van der Waals surface area contributed by atoms with Gasteiger partial charge in [-0.2, -0.15) is 0 Å². The molecule has 0 unspecified atom stereocenters. The average molecular weight is 362 g/mol. The lowest BCUT2D eigenvalue weighted by atomic mass is 10.2. The minimum Gasteiger partial charge on any atom is -0.459 e. The molecule has 2 aromatic rings. The molecular weight excluding hydrogens is 348 g/mol. The Hall–Kier alpha value is -1.80. The Morgan fingerprint density at radius 1 is 1.39 bits per heavy atom. The van der Waals surface area contributed by atoms with Crippen molar-refractivity contribution >= 4 is 34.5 Å². The lowest BCUT2D eigenvalue weighted by Gasteiger charge is -2.26. The largest absolute Gasteiger partial charge is 0.459 e. The summed E-state index contributed by atoms with van der Waals surface area (Å²) in [4.78, 5) is 13.9. The summed E-state index contributed by atoms with van der Waals surface area (Å²) < 4.78 is 30.0. The van der Waals surface area contributed by atoms with E-state index in [1.165, 1.54) is 4.90 Å². The lowest BCUT2D eigenvalue weighted by Crippen LogP contribution is -2.40. The summed E-state index contributed by atoms with van der Waals surface area (Å²) in [5.74, 6) is -0.337. The highest BCUT2D eigenvalue weighted by Gasteiger charge is 2.21. The van der Waals surface area contributed by atoms with Gasteiger partial charge in [-0.05, 0) is 32.0 Å². The van der Waals surface area contributed by atoms with Gasteiger partial charge in [-0.1, -0.05) is 34.1 Å². The highest BCUT2D eigenvalue weighted by atomic mass is 35.5. The molecule has 0 radical (unpaired) electrons. The molecule has 0 aliphatic carbocycles. The summed E-state index contributed by atoms with van der Waals surface area (Å²) in [6, 6.07) is 6.73. The molecule has 0 saturated carbocycles. The maximum atomic E-state index is 12.4. The number of carbonyl (C=O) groups excluding carboxylic acids is 1. The van der Waals surface area contributed by atoms with Crippen LogP contribution in [0.5, 0.6) is 5.19 Å². The average Bonchev–Trinajstić information content (AvgIpc) is 2.94. The molecule has 5 nitrogen and oxygen atoms in total. The molecule has 1 heterocycles. The molecule has 0 atom stereocenters. The molecule has 0 spiro atoms. The Morgan fingerprint density at radius 3 is 2.70 bits per heavy atom. The number of alkyl halides is 2. The smallest absolute Gasteiger partial charge is 0.294 e. The first-order chi connectivity index (χ1) is 10.9. The molecule has 124 valence electrons. The van der Waals surface area contributed by atoms with Gasteiger partial charge in [0.15, 0.2) is 11.6 Å².